The molecule has 5 heteroatoms. The second-order valence-electron chi connectivity index (χ2n) is 4.10. The molecule has 100 valence electrons. The highest BCUT2D eigenvalue weighted by Gasteiger charge is 2.11. The smallest absolute Gasteiger partial charge is 0.142 e. The summed E-state index contributed by atoms with van der Waals surface area (Å²) >= 11 is 0. The Hall–Kier alpha value is -2.14. The maximum absolute atomic E-state index is 12.7. The van der Waals surface area contributed by atoms with Gasteiger partial charge < -0.3 is 14.9 Å². The maximum Gasteiger partial charge on any atom is 0.142 e. The standard InChI is InChI=1S/C14H14FNO3/c1-9-14(18)13(7-17)10(6-16-9)8-19-12-4-2-11(15)3-5-12/h2-6,17-18H,7-8H2,1H3. The zero-order valence-corrected chi connectivity index (χ0v) is 10.4. The third kappa shape index (κ3) is 3.00. The number of hydrogen-bond acceptors (Lipinski definition) is 4. The van der Waals surface area contributed by atoms with Crippen LogP contribution in [0.3, 0.4) is 0 Å². The predicted octanol–water partition coefficient (Wildman–Crippen LogP) is 2.31. The van der Waals surface area contributed by atoms with E-state index in [0.29, 0.717) is 22.6 Å². The molecule has 0 saturated heterocycles. The summed E-state index contributed by atoms with van der Waals surface area (Å²) in [4.78, 5) is 4.01. The van der Waals surface area contributed by atoms with Gasteiger partial charge in [0.1, 0.15) is 23.9 Å². The van der Waals surface area contributed by atoms with E-state index < -0.39 is 0 Å². The van der Waals surface area contributed by atoms with Gasteiger partial charge >= 0.3 is 0 Å². The molecule has 1 heterocycles. The van der Waals surface area contributed by atoms with Crippen molar-refractivity contribution in [1.29, 1.82) is 0 Å². The normalized spacial score (nSPS) is 10.5. The first kappa shape index (κ1) is 13.3. The molecule has 0 aliphatic carbocycles. The van der Waals surface area contributed by atoms with Crippen molar-refractivity contribution in [1.82, 2.24) is 4.98 Å². The Labute approximate surface area is 110 Å². The largest absolute Gasteiger partial charge is 0.506 e. The number of halogens is 1. The minimum absolute atomic E-state index is 0.0253. The lowest BCUT2D eigenvalue weighted by molar-refractivity contribution is 0.262. The van der Waals surface area contributed by atoms with Gasteiger partial charge in [0.25, 0.3) is 0 Å². The Balaban J connectivity index is 2.15. The summed E-state index contributed by atoms with van der Waals surface area (Å²) < 4.78 is 18.2. The Morgan fingerprint density at radius 1 is 1.26 bits per heavy atom. The van der Waals surface area contributed by atoms with Crippen LogP contribution < -0.4 is 4.74 Å². The summed E-state index contributed by atoms with van der Waals surface area (Å²) in [6.07, 6.45) is 1.55. The lowest BCUT2D eigenvalue weighted by Crippen LogP contribution is -2.03. The topological polar surface area (TPSA) is 62.6 Å². The van der Waals surface area contributed by atoms with Crippen LogP contribution >= 0.6 is 0 Å². The van der Waals surface area contributed by atoms with Crippen LogP contribution in [0.2, 0.25) is 0 Å². The number of aromatic nitrogens is 1. The number of pyridine rings is 1. The summed E-state index contributed by atoms with van der Waals surface area (Å²) in [7, 11) is 0. The number of benzene rings is 1. The summed E-state index contributed by atoms with van der Waals surface area (Å²) in [5, 5.41) is 19.0. The van der Waals surface area contributed by atoms with Gasteiger partial charge in [-0.05, 0) is 31.2 Å². The lowest BCUT2D eigenvalue weighted by Gasteiger charge is -2.12. The molecule has 2 rings (SSSR count). The predicted molar refractivity (Wildman–Crippen MR) is 67.3 cm³/mol. The van der Waals surface area contributed by atoms with E-state index in [4.69, 9.17) is 4.74 Å². The molecule has 1 aromatic heterocycles. The van der Waals surface area contributed by atoms with Crippen molar-refractivity contribution in [2.75, 3.05) is 0 Å². The van der Waals surface area contributed by atoms with Crippen molar-refractivity contribution in [3.05, 3.63) is 53.1 Å². The average molecular weight is 263 g/mol. The quantitative estimate of drug-likeness (QED) is 0.888. The highest BCUT2D eigenvalue weighted by molar-refractivity contribution is 5.40. The lowest BCUT2D eigenvalue weighted by atomic mass is 10.1. The van der Waals surface area contributed by atoms with Gasteiger partial charge in [0.15, 0.2) is 0 Å². The van der Waals surface area contributed by atoms with Crippen LogP contribution in [-0.4, -0.2) is 15.2 Å². The number of aliphatic hydroxyl groups excluding tert-OH is 1. The average Bonchev–Trinajstić information content (AvgIpc) is 2.42. The van der Waals surface area contributed by atoms with Gasteiger partial charge in [-0.15, -0.1) is 0 Å². The molecular weight excluding hydrogens is 249 g/mol. The Morgan fingerprint density at radius 2 is 1.95 bits per heavy atom. The molecule has 2 aromatic rings. The fourth-order valence-corrected chi connectivity index (χ4v) is 1.68. The molecule has 0 aliphatic heterocycles. The first-order valence-electron chi connectivity index (χ1n) is 5.77. The number of ether oxygens (including phenoxy) is 1. The van der Waals surface area contributed by atoms with E-state index in [2.05, 4.69) is 4.98 Å². The van der Waals surface area contributed by atoms with Gasteiger partial charge in [0.05, 0.1) is 12.3 Å². The van der Waals surface area contributed by atoms with E-state index in [9.17, 15) is 14.6 Å². The molecule has 0 radical (unpaired) electrons. The first-order valence-corrected chi connectivity index (χ1v) is 5.77. The van der Waals surface area contributed by atoms with Crippen LogP contribution in [0.15, 0.2) is 30.5 Å². The third-order valence-corrected chi connectivity index (χ3v) is 2.80. The zero-order valence-electron chi connectivity index (χ0n) is 10.4. The molecule has 0 bridgehead atoms. The molecule has 4 nitrogen and oxygen atoms in total. The van der Waals surface area contributed by atoms with Crippen molar-refractivity contribution < 1.29 is 19.3 Å². The fraction of sp³-hybridized carbons (Fsp3) is 0.214. The molecule has 2 N–H and O–H groups in total. The van der Waals surface area contributed by atoms with Gasteiger partial charge in [0, 0.05) is 17.3 Å². The zero-order chi connectivity index (χ0) is 13.8. The van der Waals surface area contributed by atoms with Crippen LogP contribution in [0.4, 0.5) is 4.39 Å². The summed E-state index contributed by atoms with van der Waals surface area (Å²) in [6.45, 7) is 1.50. The number of aromatic hydroxyl groups is 1. The van der Waals surface area contributed by atoms with E-state index in [1.807, 2.05) is 0 Å². The van der Waals surface area contributed by atoms with Crippen molar-refractivity contribution in [3.63, 3.8) is 0 Å². The van der Waals surface area contributed by atoms with E-state index in [1.54, 1.807) is 13.1 Å². The van der Waals surface area contributed by atoms with Gasteiger partial charge in [0.2, 0.25) is 0 Å². The maximum atomic E-state index is 12.7. The number of aryl methyl sites for hydroxylation is 1. The van der Waals surface area contributed by atoms with Crippen molar-refractivity contribution in [2.45, 2.75) is 20.1 Å². The van der Waals surface area contributed by atoms with Crippen LogP contribution in [0.25, 0.3) is 0 Å². The van der Waals surface area contributed by atoms with Crippen molar-refractivity contribution in [2.24, 2.45) is 0 Å². The van der Waals surface area contributed by atoms with Gasteiger partial charge in [-0.3, -0.25) is 4.98 Å². The highest BCUT2D eigenvalue weighted by Crippen LogP contribution is 2.24. The molecule has 19 heavy (non-hydrogen) atoms. The number of aliphatic hydroxyl groups is 1. The Bertz CT molecular complexity index is 570. The molecular formula is C14H14FNO3. The molecule has 0 spiro atoms. The molecule has 0 unspecified atom stereocenters. The van der Waals surface area contributed by atoms with E-state index in [0.717, 1.165) is 0 Å². The van der Waals surface area contributed by atoms with E-state index >= 15 is 0 Å². The molecule has 0 atom stereocenters. The van der Waals surface area contributed by atoms with Crippen LogP contribution in [0.5, 0.6) is 11.5 Å². The fourth-order valence-electron chi connectivity index (χ4n) is 1.68. The van der Waals surface area contributed by atoms with Gasteiger partial charge in [-0.25, -0.2) is 4.39 Å². The van der Waals surface area contributed by atoms with Crippen LogP contribution in [-0.2, 0) is 13.2 Å². The monoisotopic (exact) mass is 263 g/mol. The molecule has 0 amide bonds. The molecule has 0 saturated carbocycles. The first-order chi connectivity index (χ1) is 9.11. The minimum Gasteiger partial charge on any atom is -0.506 e. The summed E-state index contributed by atoms with van der Waals surface area (Å²) in [6, 6.07) is 5.62. The Morgan fingerprint density at radius 3 is 2.58 bits per heavy atom. The number of rotatable bonds is 4. The summed E-state index contributed by atoms with van der Waals surface area (Å²) in [5.74, 6) is 0.145. The SMILES string of the molecule is Cc1ncc(COc2ccc(F)cc2)c(CO)c1O. The second-order valence-corrected chi connectivity index (χ2v) is 4.10. The second kappa shape index (κ2) is 5.67. The molecule has 0 fully saturated rings. The molecule has 1 aromatic carbocycles. The minimum atomic E-state index is -0.335. The van der Waals surface area contributed by atoms with Crippen molar-refractivity contribution >= 4 is 0 Å². The van der Waals surface area contributed by atoms with Crippen molar-refractivity contribution in [3.8, 4) is 11.5 Å². The number of hydrogen-bond donors (Lipinski definition) is 2. The van der Waals surface area contributed by atoms with Crippen LogP contribution in [0.1, 0.15) is 16.8 Å². The summed E-state index contributed by atoms with van der Waals surface area (Å²) in [5.41, 5.74) is 1.44. The van der Waals surface area contributed by atoms with Gasteiger partial charge in [-0.2, -0.15) is 0 Å². The van der Waals surface area contributed by atoms with Crippen LogP contribution in [0, 0.1) is 12.7 Å². The van der Waals surface area contributed by atoms with E-state index in [-0.39, 0.29) is 24.8 Å². The number of nitrogens with zero attached hydrogens (tertiary/aromatic N) is 1. The third-order valence-electron chi connectivity index (χ3n) is 2.80. The van der Waals surface area contributed by atoms with Gasteiger partial charge in [-0.1, -0.05) is 0 Å². The van der Waals surface area contributed by atoms with E-state index in [1.165, 1.54) is 24.3 Å². The Kier molecular flexibility index (Phi) is 3.97. The highest BCUT2D eigenvalue weighted by atomic mass is 19.1. The molecule has 0 aliphatic rings.